The van der Waals surface area contributed by atoms with E-state index in [0.717, 1.165) is 38.5 Å². The number of hydrogen-bond acceptors (Lipinski definition) is 6. The third kappa shape index (κ3) is 5.64. The Hall–Kier alpha value is -2.36. The van der Waals surface area contributed by atoms with E-state index < -0.39 is 17.8 Å². The molecule has 2 aliphatic rings. The Morgan fingerprint density at radius 1 is 1.12 bits per heavy atom. The number of aromatic nitrogens is 2. The minimum atomic E-state index is -1.68. The third-order valence-corrected chi connectivity index (χ3v) is 7.11. The highest BCUT2D eigenvalue weighted by Crippen LogP contribution is 2.42. The number of rotatable bonds is 7. The molecule has 1 amide bonds. The van der Waals surface area contributed by atoms with Crippen molar-refractivity contribution in [1.29, 1.82) is 0 Å². The van der Waals surface area contributed by atoms with Gasteiger partial charge in [0, 0.05) is 24.7 Å². The van der Waals surface area contributed by atoms with Gasteiger partial charge in [0.25, 0.3) is 5.91 Å². The number of piperidine rings is 1. The van der Waals surface area contributed by atoms with Crippen molar-refractivity contribution >= 4 is 17.7 Å². The number of nitrogens with one attached hydrogen (secondary N) is 1. The number of likely N-dealkylation sites (N-methyl/N-ethyl adjacent to an activating group) is 1. The third-order valence-electron chi connectivity index (χ3n) is 7.11. The van der Waals surface area contributed by atoms with Crippen LogP contribution < -0.4 is 22.3 Å². The van der Waals surface area contributed by atoms with Crippen molar-refractivity contribution in [3.05, 3.63) is 54.5 Å². The first-order valence-corrected chi connectivity index (χ1v) is 11.8. The number of halogens is 1. The number of carbonyl (C=O) groups is 2. The van der Waals surface area contributed by atoms with Crippen LogP contribution in [-0.2, 0) is 19.9 Å². The summed E-state index contributed by atoms with van der Waals surface area (Å²) in [6, 6.07) is 9.13. The summed E-state index contributed by atoms with van der Waals surface area (Å²) in [4.78, 5) is 34.4. The second-order valence-electron chi connectivity index (χ2n) is 9.47. The van der Waals surface area contributed by atoms with Crippen LogP contribution in [-0.4, -0.2) is 57.8 Å². The lowest BCUT2D eigenvalue weighted by Crippen LogP contribution is -3.00. The quantitative estimate of drug-likeness (QED) is 0.384. The topological polar surface area (TPSA) is 101 Å². The minimum absolute atomic E-state index is 0. The van der Waals surface area contributed by atoms with E-state index in [0.29, 0.717) is 24.3 Å². The highest BCUT2D eigenvalue weighted by atomic mass is 79.9. The van der Waals surface area contributed by atoms with Crippen molar-refractivity contribution in [2.45, 2.75) is 56.8 Å². The van der Waals surface area contributed by atoms with Crippen LogP contribution in [0.15, 0.2) is 48.9 Å². The fraction of sp³-hybridized carbons (Fsp3) is 0.520. The molecular weight excluding hydrogens is 500 g/mol. The Balaban J connectivity index is 0.00000324. The second-order valence-corrected chi connectivity index (χ2v) is 9.47. The van der Waals surface area contributed by atoms with Gasteiger partial charge in [0.05, 0.1) is 19.8 Å². The molecule has 2 N–H and O–H groups in total. The van der Waals surface area contributed by atoms with E-state index in [1.165, 1.54) is 12.4 Å². The van der Waals surface area contributed by atoms with E-state index >= 15 is 0 Å². The van der Waals surface area contributed by atoms with Crippen LogP contribution in [0.2, 0.25) is 0 Å². The van der Waals surface area contributed by atoms with Gasteiger partial charge >= 0.3 is 5.97 Å². The van der Waals surface area contributed by atoms with Gasteiger partial charge in [-0.3, -0.25) is 14.3 Å². The van der Waals surface area contributed by atoms with Crippen molar-refractivity contribution < 1.29 is 40.9 Å². The lowest BCUT2D eigenvalue weighted by Gasteiger charge is -2.44. The Morgan fingerprint density at radius 3 is 2.50 bits per heavy atom. The number of anilines is 1. The van der Waals surface area contributed by atoms with E-state index in [4.69, 9.17) is 4.74 Å². The maximum atomic E-state index is 13.6. The zero-order chi connectivity index (χ0) is 23.3. The molecule has 1 aliphatic heterocycles. The fourth-order valence-electron chi connectivity index (χ4n) is 5.26. The van der Waals surface area contributed by atoms with E-state index in [1.54, 1.807) is 18.3 Å². The number of aliphatic hydroxyl groups is 1. The van der Waals surface area contributed by atoms with Crippen molar-refractivity contribution in [1.82, 2.24) is 9.97 Å². The van der Waals surface area contributed by atoms with Crippen molar-refractivity contribution in [2.24, 2.45) is 5.92 Å². The first kappa shape index (κ1) is 26.2. The molecule has 1 aliphatic carbocycles. The minimum Gasteiger partial charge on any atom is -1.00 e. The van der Waals surface area contributed by atoms with E-state index in [-0.39, 0.29) is 39.8 Å². The number of likely N-dealkylation sites (tertiary alicyclic amines) is 1. The van der Waals surface area contributed by atoms with Gasteiger partial charge in [-0.15, -0.1) is 0 Å². The lowest BCUT2D eigenvalue weighted by atomic mass is 9.80. The summed E-state index contributed by atoms with van der Waals surface area (Å²) in [5, 5.41) is 14.5. The zero-order valence-electron chi connectivity index (χ0n) is 19.5. The molecule has 2 aromatic rings. The molecule has 3 unspecified atom stereocenters. The Morgan fingerprint density at radius 2 is 1.82 bits per heavy atom. The van der Waals surface area contributed by atoms with Crippen LogP contribution in [0.5, 0.6) is 0 Å². The van der Waals surface area contributed by atoms with E-state index in [9.17, 15) is 14.7 Å². The Bertz CT molecular complexity index is 958. The molecule has 8 nitrogen and oxygen atoms in total. The van der Waals surface area contributed by atoms with Gasteiger partial charge in [0.2, 0.25) is 6.23 Å². The van der Waals surface area contributed by atoms with E-state index in [2.05, 4.69) is 15.3 Å². The molecule has 34 heavy (non-hydrogen) atoms. The van der Waals surface area contributed by atoms with Gasteiger partial charge in [0.15, 0.2) is 18.0 Å². The van der Waals surface area contributed by atoms with E-state index in [1.807, 2.05) is 25.2 Å². The summed E-state index contributed by atoms with van der Waals surface area (Å²) in [5.74, 6) is -0.602. The van der Waals surface area contributed by atoms with Crippen molar-refractivity contribution in [3.63, 3.8) is 0 Å². The molecule has 184 valence electrons. The molecule has 1 saturated carbocycles. The molecule has 4 rings (SSSR count). The predicted octanol–water partition coefficient (Wildman–Crippen LogP) is -0.00310. The van der Waals surface area contributed by atoms with Gasteiger partial charge in [-0.05, 0) is 31.2 Å². The largest absolute Gasteiger partial charge is 1.00 e. The van der Waals surface area contributed by atoms with Gasteiger partial charge in [-0.1, -0.05) is 43.2 Å². The summed E-state index contributed by atoms with van der Waals surface area (Å²) < 4.78 is 6.34. The van der Waals surface area contributed by atoms with Crippen LogP contribution >= 0.6 is 0 Å². The number of nitrogens with zero attached hydrogens (tertiary/aromatic N) is 3. The van der Waals surface area contributed by atoms with Crippen molar-refractivity contribution in [2.75, 3.05) is 25.5 Å². The van der Waals surface area contributed by atoms with Crippen LogP contribution in [0.4, 0.5) is 5.82 Å². The maximum Gasteiger partial charge on any atom is 0.347 e. The number of benzene rings is 1. The molecule has 0 spiro atoms. The van der Waals surface area contributed by atoms with Crippen LogP contribution in [0.25, 0.3) is 0 Å². The highest BCUT2D eigenvalue weighted by molar-refractivity contribution is 5.90. The predicted molar refractivity (Wildman–Crippen MR) is 123 cm³/mol. The first-order valence-electron chi connectivity index (χ1n) is 11.8. The molecule has 3 atom stereocenters. The Kier molecular flexibility index (Phi) is 8.78. The standard InChI is InChI=1S/C25H32N4O4.BrH/c1-29(18-22(30)28-21-17-26-14-15-27-21)16-8-7-13-23(29)33-24(31)25(32,20-11-5-6-12-20)19-9-3-2-4-10-19;/h2-4,9-10,14-15,17,20,23,32H,5-8,11-13,16,18H2,1H3;1H. The summed E-state index contributed by atoms with van der Waals surface area (Å²) in [6.45, 7) is 0.848. The van der Waals surface area contributed by atoms with Crippen LogP contribution in [0, 0.1) is 5.92 Å². The fourth-order valence-corrected chi connectivity index (χ4v) is 5.26. The second kappa shape index (κ2) is 11.4. The molecular formula is C25H33BrN4O4. The molecule has 2 heterocycles. The summed E-state index contributed by atoms with van der Waals surface area (Å²) >= 11 is 0. The smallest absolute Gasteiger partial charge is 0.347 e. The average molecular weight is 533 g/mol. The van der Waals surface area contributed by atoms with Crippen LogP contribution in [0.3, 0.4) is 0 Å². The number of hydrogen-bond donors (Lipinski definition) is 2. The van der Waals surface area contributed by atoms with Crippen LogP contribution in [0.1, 0.15) is 50.5 Å². The van der Waals surface area contributed by atoms with Gasteiger partial charge in [-0.2, -0.15) is 0 Å². The summed E-state index contributed by atoms with van der Waals surface area (Å²) in [6.07, 6.45) is 10.1. The number of ether oxygens (including phenoxy) is 1. The highest BCUT2D eigenvalue weighted by Gasteiger charge is 2.50. The SMILES string of the molecule is C[N+]1(CC(=O)Nc2cnccn2)CCCCC1OC(=O)C(O)(c1ccccc1)C1CCCC1.[Br-]. The summed E-state index contributed by atoms with van der Waals surface area (Å²) in [7, 11) is 1.94. The van der Waals surface area contributed by atoms with Gasteiger partial charge in [0.1, 0.15) is 0 Å². The van der Waals surface area contributed by atoms with Gasteiger partial charge in [-0.25, -0.2) is 9.78 Å². The van der Waals surface area contributed by atoms with Gasteiger partial charge < -0.3 is 32.1 Å². The molecule has 0 radical (unpaired) electrons. The molecule has 2 fully saturated rings. The molecule has 1 aromatic heterocycles. The Labute approximate surface area is 211 Å². The average Bonchev–Trinajstić information content (AvgIpc) is 3.36. The summed E-state index contributed by atoms with van der Waals surface area (Å²) in [5.41, 5.74) is -1.10. The number of carbonyl (C=O) groups excluding carboxylic acids is 2. The molecule has 9 heteroatoms. The number of amides is 1. The number of esters is 1. The molecule has 1 saturated heterocycles. The monoisotopic (exact) mass is 532 g/mol. The molecule has 0 bridgehead atoms. The maximum absolute atomic E-state index is 13.6. The normalized spacial score (nSPS) is 24.5. The first-order chi connectivity index (χ1) is 15.9. The zero-order valence-corrected chi connectivity index (χ0v) is 21.1. The van der Waals surface area contributed by atoms with Crippen molar-refractivity contribution in [3.8, 4) is 0 Å². The lowest BCUT2D eigenvalue weighted by molar-refractivity contribution is -0.950. The molecule has 1 aromatic carbocycles. The number of quaternary nitrogens is 1.